The fourth-order valence-electron chi connectivity index (χ4n) is 2.80. The summed E-state index contributed by atoms with van der Waals surface area (Å²) < 4.78 is 31.0. The van der Waals surface area contributed by atoms with E-state index in [4.69, 9.17) is 4.74 Å². The largest absolute Gasteiger partial charge is 0.495 e. The summed E-state index contributed by atoms with van der Waals surface area (Å²) >= 11 is 1.77. The minimum Gasteiger partial charge on any atom is -0.495 e. The molecule has 0 aromatic heterocycles. The van der Waals surface area contributed by atoms with E-state index in [0.29, 0.717) is 24.4 Å². The van der Waals surface area contributed by atoms with Crippen LogP contribution in [0.4, 0.5) is 5.69 Å². The number of hydrogen-bond acceptors (Lipinski definition) is 5. The highest BCUT2D eigenvalue weighted by Gasteiger charge is 2.20. The summed E-state index contributed by atoms with van der Waals surface area (Å²) in [6, 6.07) is 17.2. The van der Waals surface area contributed by atoms with E-state index in [1.54, 1.807) is 36.0 Å². The van der Waals surface area contributed by atoms with Crippen molar-refractivity contribution in [3.05, 3.63) is 60.2 Å². The van der Waals surface area contributed by atoms with Gasteiger partial charge in [0.15, 0.2) is 0 Å². The van der Waals surface area contributed by atoms with Gasteiger partial charge >= 0.3 is 0 Å². The van der Waals surface area contributed by atoms with Crippen molar-refractivity contribution >= 4 is 33.4 Å². The van der Waals surface area contributed by atoms with E-state index >= 15 is 0 Å². The second-order valence-corrected chi connectivity index (χ2v) is 9.51. The number of hydrogen-bond donors (Lipinski definition) is 1. The molecule has 29 heavy (non-hydrogen) atoms. The van der Waals surface area contributed by atoms with Crippen LogP contribution in [0.15, 0.2) is 54.6 Å². The molecule has 0 heterocycles. The highest BCUT2D eigenvalue weighted by atomic mass is 32.2. The molecule has 6 nitrogen and oxygen atoms in total. The van der Waals surface area contributed by atoms with Crippen LogP contribution in [0.1, 0.15) is 18.4 Å². The molecule has 1 amide bonds. The number of thioether (sulfide) groups is 1. The predicted molar refractivity (Wildman–Crippen MR) is 120 cm³/mol. The highest BCUT2D eigenvalue weighted by molar-refractivity contribution is 7.98. The first-order chi connectivity index (χ1) is 13.9. The monoisotopic (exact) mass is 436 g/mol. The molecule has 158 valence electrons. The summed E-state index contributed by atoms with van der Waals surface area (Å²) in [6.07, 6.45) is 1.85. The fraction of sp³-hybridized carbons (Fsp3) is 0.381. The topological polar surface area (TPSA) is 75.7 Å². The lowest BCUT2D eigenvalue weighted by atomic mass is 10.2. The maximum Gasteiger partial charge on any atom is 0.232 e. The van der Waals surface area contributed by atoms with Crippen molar-refractivity contribution in [3.63, 3.8) is 0 Å². The predicted octanol–water partition coefficient (Wildman–Crippen LogP) is 3.29. The molecule has 0 saturated heterocycles. The molecule has 2 aromatic rings. The van der Waals surface area contributed by atoms with Gasteiger partial charge in [-0.05, 0) is 24.1 Å². The van der Waals surface area contributed by atoms with Gasteiger partial charge in [-0.15, -0.1) is 0 Å². The first-order valence-electron chi connectivity index (χ1n) is 9.41. The van der Waals surface area contributed by atoms with Gasteiger partial charge in [0.25, 0.3) is 0 Å². The van der Waals surface area contributed by atoms with Crippen molar-refractivity contribution in [1.29, 1.82) is 0 Å². The molecule has 8 heteroatoms. The average molecular weight is 437 g/mol. The van der Waals surface area contributed by atoms with Gasteiger partial charge in [0, 0.05) is 31.0 Å². The molecule has 0 atom stereocenters. The van der Waals surface area contributed by atoms with E-state index in [-0.39, 0.29) is 18.9 Å². The Morgan fingerprint density at radius 2 is 1.79 bits per heavy atom. The lowest BCUT2D eigenvalue weighted by Crippen LogP contribution is -2.32. The van der Waals surface area contributed by atoms with Gasteiger partial charge in [0.2, 0.25) is 15.9 Å². The third-order valence-corrected chi connectivity index (χ3v) is 6.41. The number of carbonyl (C=O) groups excluding carboxylic acids is 1. The molecule has 0 unspecified atom stereocenters. The number of amides is 1. The first kappa shape index (κ1) is 23.1. The summed E-state index contributed by atoms with van der Waals surface area (Å²) in [5.41, 5.74) is 1.75. The van der Waals surface area contributed by atoms with Crippen LogP contribution in [-0.2, 0) is 20.6 Å². The van der Waals surface area contributed by atoms with Crippen molar-refractivity contribution in [1.82, 2.24) is 5.32 Å². The van der Waals surface area contributed by atoms with Crippen LogP contribution in [0.25, 0.3) is 0 Å². The van der Waals surface area contributed by atoms with Crippen LogP contribution in [0.5, 0.6) is 5.75 Å². The lowest BCUT2D eigenvalue weighted by Gasteiger charge is -2.24. The van der Waals surface area contributed by atoms with Crippen molar-refractivity contribution < 1.29 is 17.9 Å². The van der Waals surface area contributed by atoms with Gasteiger partial charge in [-0.1, -0.05) is 42.5 Å². The van der Waals surface area contributed by atoms with Crippen molar-refractivity contribution in [3.8, 4) is 5.75 Å². The SMILES string of the molecule is COc1ccccc1N(CCCC(=O)NCCSCc1ccccc1)S(C)(=O)=O. The smallest absolute Gasteiger partial charge is 0.232 e. The normalized spacial score (nSPS) is 11.1. The van der Waals surface area contributed by atoms with E-state index in [1.165, 1.54) is 17.0 Å². The second kappa shape index (κ2) is 11.7. The van der Waals surface area contributed by atoms with Crippen molar-refractivity contribution in [2.45, 2.75) is 18.6 Å². The Morgan fingerprint density at radius 1 is 1.10 bits per heavy atom. The fourth-order valence-corrected chi connectivity index (χ4v) is 4.59. The average Bonchev–Trinajstić information content (AvgIpc) is 2.71. The third kappa shape index (κ3) is 7.98. The highest BCUT2D eigenvalue weighted by Crippen LogP contribution is 2.29. The first-order valence-corrected chi connectivity index (χ1v) is 12.4. The minimum atomic E-state index is -3.48. The molecular formula is C21H28N2O4S2. The van der Waals surface area contributed by atoms with Crippen LogP contribution >= 0.6 is 11.8 Å². The number of ether oxygens (including phenoxy) is 1. The zero-order valence-electron chi connectivity index (χ0n) is 16.8. The maximum absolute atomic E-state index is 12.2. The number of benzene rings is 2. The number of methoxy groups -OCH3 is 1. The molecule has 0 aliphatic rings. The molecule has 0 fully saturated rings. The molecular weight excluding hydrogens is 408 g/mol. The van der Waals surface area contributed by atoms with Gasteiger partial charge in [-0.2, -0.15) is 11.8 Å². The number of rotatable bonds is 12. The van der Waals surface area contributed by atoms with Crippen LogP contribution in [0.2, 0.25) is 0 Å². The Hall–Kier alpha value is -2.19. The van der Waals surface area contributed by atoms with Gasteiger partial charge in [0.1, 0.15) is 5.75 Å². The molecule has 0 aliphatic heterocycles. The van der Waals surface area contributed by atoms with Crippen LogP contribution in [0.3, 0.4) is 0 Å². The zero-order valence-corrected chi connectivity index (χ0v) is 18.5. The standard InChI is InChI=1S/C21H28N2O4S2/c1-27-20-12-7-6-11-19(20)23(29(2,25)26)15-8-13-21(24)22-14-16-28-17-18-9-4-3-5-10-18/h3-7,9-12H,8,13-17H2,1-2H3,(H,22,24). The Balaban J connectivity index is 1.74. The number of nitrogens with one attached hydrogen (secondary N) is 1. The molecule has 0 radical (unpaired) electrons. The second-order valence-electron chi connectivity index (χ2n) is 6.50. The zero-order chi connectivity index (χ0) is 21.1. The van der Waals surface area contributed by atoms with E-state index in [2.05, 4.69) is 17.4 Å². The van der Waals surface area contributed by atoms with Crippen LogP contribution in [0, 0.1) is 0 Å². The van der Waals surface area contributed by atoms with Crippen LogP contribution in [-0.4, -0.2) is 46.5 Å². The quantitative estimate of drug-likeness (QED) is 0.517. The lowest BCUT2D eigenvalue weighted by molar-refractivity contribution is -0.121. The van der Waals surface area contributed by atoms with Gasteiger partial charge in [0.05, 0.1) is 19.1 Å². The summed E-state index contributed by atoms with van der Waals surface area (Å²) in [7, 11) is -1.98. The van der Waals surface area contributed by atoms with Crippen LogP contribution < -0.4 is 14.4 Å². The number of anilines is 1. The molecule has 0 bridgehead atoms. The Kier molecular flexibility index (Phi) is 9.34. The summed E-state index contributed by atoms with van der Waals surface area (Å²) in [6.45, 7) is 0.814. The molecule has 0 spiro atoms. The molecule has 2 aromatic carbocycles. The van der Waals surface area contributed by atoms with E-state index < -0.39 is 10.0 Å². The van der Waals surface area contributed by atoms with Gasteiger partial charge in [-0.3, -0.25) is 9.10 Å². The van der Waals surface area contributed by atoms with E-state index in [9.17, 15) is 13.2 Å². The summed E-state index contributed by atoms with van der Waals surface area (Å²) in [5.74, 6) is 2.16. The molecule has 0 aliphatic carbocycles. The van der Waals surface area contributed by atoms with Gasteiger partial charge in [-0.25, -0.2) is 8.42 Å². The van der Waals surface area contributed by atoms with E-state index in [1.807, 2.05) is 18.2 Å². The summed E-state index contributed by atoms with van der Waals surface area (Å²) in [5, 5.41) is 2.89. The van der Waals surface area contributed by atoms with Crippen molar-refractivity contribution in [2.24, 2.45) is 0 Å². The van der Waals surface area contributed by atoms with Gasteiger partial charge < -0.3 is 10.1 Å². The Bertz CT molecular complexity index is 873. The number of para-hydroxylation sites is 2. The Morgan fingerprint density at radius 3 is 2.48 bits per heavy atom. The van der Waals surface area contributed by atoms with Crippen molar-refractivity contribution in [2.75, 3.05) is 36.5 Å². The molecule has 1 N–H and O–H groups in total. The molecule has 0 saturated carbocycles. The molecule has 2 rings (SSSR count). The number of carbonyl (C=O) groups is 1. The number of sulfonamides is 1. The number of nitrogens with zero attached hydrogens (tertiary/aromatic N) is 1. The van der Waals surface area contributed by atoms with E-state index in [0.717, 1.165) is 17.8 Å². The maximum atomic E-state index is 12.2. The minimum absolute atomic E-state index is 0.0706. The Labute approximate surface area is 177 Å². The summed E-state index contributed by atoms with van der Waals surface area (Å²) in [4.78, 5) is 12.1. The third-order valence-electron chi connectivity index (χ3n) is 4.20.